The zero-order valence-corrected chi connectivity index (χ0v) is 31.5. The summed E-state index contributed by atoms with van der Waals surface area (Å²) < 4.78 is 93.7. The fraction of sp³-hybridized carbons (Fsp3) is 0.295. The summed E-state index contributed by atoms with van der Waals surface area (Å²) in [5.74, 6) is -11.2. The lowest BCUT2D eigenvalue weighted by molar-refractivity contribution is -0.276. The van der Waals surface area contributed by atoms with E-state index in [1.165, 1.54) is 11.1 Å². The summed E-state index contributed by atoms with van der Waals surface area (Å²) in [4.78, 5) is 14.9. The van der Waals surface area contributed by atoms with Crippen molar-refractivity contribution in [2.45, 2.75) is 51.5 Å². The molecule has 2 N–H and O–H groups in total. The Morgan fingerprint density at radius 1 is 0.772 bits per heavy atom. The second-order valence-electron chi connectivity index (χ2n) is 14.2. The van der Waals surface area contributed by atoms with Crippen molar-refractivity contribution in [3.8, 4) is 22.6 Å². The first-order valence-corrected chi connectivity index (χ1v) is 18.4. The van der Waals surface area contributed by atoms with E-state index < -0.39 is 46.8 Å². The lowest BCUT2D eigenvalue weighted by atomic mass is 9.89. The molecule has 13 heteroatoms. The predicted molar refractivity (Wildman–Crippen MR) is 201 cm³/mol. The standard InChI is InChI=1S/C44H41F5N2O6/c1-24-35(22-51-16-15-31-18-33(54-2)34(55-3)19-32(31)21-51)56-44(57-42(24)28-9-7-25(23-52)8-10-28)29-13-11-27(12-14-29)30-6-4-5-26(17-30)20-50-43(53)36-37(45)39(47)41(49)40(48)38(36)46/h4-14,17-19,24,35,42,44,52H,15-16,20-23H2,1-3H3,(H,50,53)/t24-,35+,42+,44+/m0/s1. The van der Waals surface area contributed by atoms with E-state index in [0.29, 0.717) is 23.6 Å². The molecule has 2 heterocycles. The molecule has 0 aromatic heterocycles. The summed E-state index contributed by atoms with van der Waals surface area (Å²) >= 11 is 0. The van der Waals surface area contributed by atoms with Crippen LogP contribution < -0.4 is 14.8 Å². The van der Waals surface area contributed by atoms with E-state index in [4.69, 9.17) is 18.9 Å². The van der Waals surface area contributed by atoms with E-state index in [2.05, 4.69) is 17.1 Å². The molecular weight excluding hydrogens is 747 g/mol. The summed E-state index contributed by atoms with van der Waals surface area (Å²) in [5.41, 5.74) is 5.50. The molecule has 1 fully saturated rings. The number of fused-ring (bicyclic) bond motifs is 1. The fourth-order valence-electron chi connectivity index (χ4n) is 7.45. The van der Waals surface area contributed by atoms with E-state index in [1.807, 2.05) is 66.7 Å². The minimum atomic E-state index is -2.34. The van der Waals surface area contributed by atoms with Gasteiger partial charge in [-0.25, -0.2) is 22.0 Å². The van der Waals surface area contributed by atoms with Gasteiger partial charge in [-0.2, -0.15) is 0 Å². The van der Waals surface area contributed by atoms with Crippen LogP contribution in [-0.2, 0) is 35.6 Å². The van der Waals surface area contributed by atoms with Gasteiger partial charge in [0, 0.05) is 37.7 Å². The number of amides is 1. The number of methoxy groups -OCH3 is 2. The third-order valence-corrected chi connectivity index (χ3v) is 10.7. The highest BCUT2D eigenvalue weighted by molar-refractivity contribution is 5.94. The molecule has 0 saturated carbocycles. The van der Waals surface area contributed by atoms with Crippen molar-refractivity contribution >= 4 is 5.91 Å². The van der Waals surface area contributed by atoms with Gasteiger partial charge in [0.1, 0.15) is 5.56 Å². The van der Waals surface area contributed by atoms with E-state index >= 15 is 0 Å². The molecule has 8 nitrogen and oxygen atoms in total. The molecule has 1 saturated heterocycles. The summed E-state index contributed by atoms with van der Waals surface area (Å²) in [7, 11) is 3.26. The zero-order chi connectivity index (χ0) is 40.4. The number of benzene rings is 5. The quantitative estimate of drug-likeness (QED) is 0.0791. The number of halogens is 5. The molecule has 298 valence electrons. The Balaban J connectivity index is 1.08. The highest BCUT2D eigenvalue weighted by Crippen LogP contribution is 2.43. The average molecular weight is 789 g/mol. The largest absolute Gasteiger partial charge is 0.493 e. The number of nitrogens with one attached hydrogen (secondary N) is 1. The van der Waals surface area contributed by atoms with Crippen molar-refractivity contribution in [2.24, 2.45) is 5.92 Å². The Morgan fingerprint density at radius 2 is 1.40 bits per heavy atom. The van der Waals surface area contributed by atoms with Gasteiger partial charge in [0.2, 0.25) is 5.82 Å². The highest BCUT2D eigenvalue weighted by Gasteiger charge is 2.39. The van der Waals surface area contributed by atoms with Gasteiger partial charge in [-0.1, -0.05) is 73.7 Å². The SMILES string of the molecule is COc1cc2c(cc1OC)CN(C[C@H]1O[C@@H](c3ccc(-c4cccc(CNC(=O)c5c(F)c(F)c(F)c(F)c5F)c4)cc3)O[C@@H](c3ccc(CO)cc3)[C@H]1C)CC2. The van der Waals surface area contributed by atoms with Crippen LogP contribution in [-0.4, -0.2) is 49.3 Å². The second kappa shape index (κ2) is 17.0. The number of aliphatic hydroxyl groups is 1. The Labute approximate surface area is 326 Å². The van der Waals surface area contributed by atoms with Gasteiger partial charge in [-0.15, -0.1) is 0 Å². The van der Waals surface area contributed by atoms with Gasteiger partial charge in [0.15, 0.2) is 41.1 Å². The third kappa shape index (κ3) is 8.24. The number of carbonyl (C=O) groups is 1. The molecule has 57 heavy (non-hydrogen) atoms. The van der Waals surface area contributed by atoms with Crippen molar-refractivity contribution in [1.82, 2.24) is 10.2 Å². The summed E-state index contributed by atoms with van der Waals surface area (Å²) in [5, 5.41) is 11.9. The number of hydrogen-bond donors (Lipinski definition) is 2. The van der Waals surface area contributed by atoms with Gasteiger partial charge < -0.3 is 29.4 Å². The molecule has 0 spiro atoms. The average Bonchev–Trinajstić information content (AvgIpc) is 3.24. The van der Waals surface area contributed by atoms with Crippen LogP contribution in [0.2, 0.25) is 0 Å². The molecule has 0 aliphatic carbocycles. The second-order valence-corrected chi connectivity index (χ2v) is 14.2. The Hall–Kier alpha value is -5.34. The van der Waals surface area contributed by atoms with Gasteiger partial charge in [-0.3, -0.25) is 9.69 Å². The molecule has 0 bridgehead atoms. The number of aliphatic hydroxyl groups excluding tert-OH is 1. The maximum atomic E-state index is 14.2. The topological polar surface area (TPSA) is 89.5 Å². The number of rotatable bonds is 11. The molecule has 5 aromatic rings. The third-order valence-electron chi connectivity index (χ3n) is 10.7. The van der Waals surface area contributed by atoms with E-state index in [1.54, 1.807) is 32.4 Å². The number of hydrogen-bond acceptors (Lipinski definition) is 7. The van der Waals surface area contributed by atoms with E-state index in [0.717, 1.165) is 47.3 Å². The molecule has 2 aliphatic heterocycles. The highest BCUT2D eigenvalue weighted by atomic mass is 19.2. The summed E-state index contributed by atoms with van der Waals surface area (Å²) in [6, 6.07) is 26.4. The molecule has 2 aliphatic rings. The lowest BCUT2D eigenvalue weighted by Crippen LogP contribution is -2.45. The van der Waals surface area contributed by atoms with Crippen LogP contribution in [0.4, 0.5) is 22.0 Å². The lowest BCUT2D eigenvalue weighted by Gasteiger charge is -2.43. The number of carbonyl (C=O) groups excluding carboxylic acids is 1. The smallest absolute Gasteiger partial charge is 0.257 e. The molecule has 4 atom stereocenters. The zero-order valence-electron chi connectivity index (χ0n) is 31.5. The molecule has 7 rings (SSSR count). The predicted octanol–water partition coefficient (Wildman–Crippen LogP) is 8.34. The molecule has 0 radical (unpaired) electrons. The normalized spacial score (nSPS) is 19.5. The Bertz CT molecular complexity index is 2230. The van der Waals surface area contributed by atoms with Crippen molar-refractivity contribution < 1.29 is 50.8 Å². The van der Waals surface area contributed by atoms with Crippen LogP contribution in [0.5, 0.6) is 11.5 Å². The first-order chi connectivity index (χ1) is 27.5. The Kier molecular flexibility index (Phi) is 11.9. The summed E-state index contributed by atoms with van der Waals surface area (Å²) in [6.45, 7) is 4.04. The van der Waals surface area contributed by atoms with Gasteiger partial charge in [-0.05, 0) is 63.6 Å². The minimum absolute atomic E-state index is 0.0235. The van der Waals surface area contributed by atoms with Crippen LogP contribution >= 0.6 is 0 Å². The van der Waals surface area contributed by atoms with Crippen LogP contribution in [0.3, 0.4) is 0 Å². The number of nitrogens with zero attached hydrogens (tertiary/aromatic N) is 1. The first-order valence-electron chi connectivity index (χ1n) is 18.4. The van der Waals surface area contributed by atoms with Crippen molar-refractivity contribution in [3.63, 3.8) is 0 Å². The van der Waals surface area contributed by atoms with Gasteiger partial charge in [0.25, 0.3) is 5.91 Å². The van der Waals surface area contributed by atoms with Crippen LogP contribution in [0.1, 0.15) is 63.1 Å². The monoisotopic (exact) mass is 788 g/mol. The van der Waals surface area contributed by atoms with Gasteiger partial charge >= 0.3 is 0 Å². The van der Waals surface area contributed by atoms with Crippen LogP contribution in [0.25, 0.3) is 11.1 Å². The molecular formula is C44H41F5N2O6. The molecule has 1 amide bonds. The van der Waals surface area contributed by atoms with Crippen molar-refractivity contribution in [1.29, 1.82) is 0 Å². The maximum Gasteiger partial charge on any atom is 0.257 e. The molecule has 0 unspecified atom stereocenters. The van der Waals surface area contributed by atoms with E-state index in [-0.39, 0.29) is 31.3 Å². The summed E-state index contributed by atoms with van der Waals surface area (Å²) in [6.07, 6.45) is -0.361. The first kappa shape index (κ1) is 39.9. The van der Waals surface area contributed by atoms with Crippen molar-refractivity contribution in [3.05, 3.63) is 153 Å². The van der Waals surface area contributed by atoms with Crippen LogP contribution in [0.15, 0.2) is 84.9 Å². The minimum Gasteiger partial charge on any atom is -0.493 e. The Morgan fingerprint density at radius 3 is 2.05 bits per heavy atom. The van der Waals surface area contributed by atoms with Gasteiger partial charge in [0.05, 0.1) is 33.0 Å². The van der Waals surface area contributed by atoms with E-state index in [9.17, 15) is 31.9 Å². The number of ether oxygens (including phenoxy) is 4. The molecule has 5 aromatic carbocycles. The maximum absolute atomic E-state index is 14.2. The fourth-order valence-corrected chi connectivity index (χ4v) is 7.45. The van der Waals surface area contributed by atoms with Crippen LogP contribution in [0, 0.1) is 35.0 Å². The van der Waals surface area contributed by atoms with Crippen molar-refractivity contribution in [2.75, 3.05) is 27.3 Å².